The molecular weight excluding hydrogens is 208 g/mol. The lowest BCUT2D eigenvalue weighted by atomic mass is 10.1. The highest BCUT2D eigenvalue weighted by molar-refractivity contribution is 5.62. The monoisotopic (exact) mass is 222 g/mol. The van der Waals surface area contributed by atoms with Crippen molar-refractivity contribution in [1.82, 2.24) is 0 Å². The zero-order chi connectivity index (χ0) is 11.8. The topological polar surface area (TPSA) is 44.8 Å². The average Bonchev–Trinajstić information content (AvgIpc) is 2.34. The summed E-state index contributed by atoms with van der Waals surface area (Å²) in [5.41, 5.74) is 0.872. The molecule has 1 rings (SSSR count). The predicted molar refractivity (Wildman–Crippen MR) is 60.6 cm³/mol. The van der Waals surface area contributed by atoms with Crippen molar-refractivity contribution in [2.75, 3.05) is 20.8 Å². The zero-order valence-corrected chi connectivity index (χ0v) is 9.30. The summed E-state index contributed by atoms with van der Waals surface area (Å²) in [7, 11) is 3.16. The van der Waals surface area contributed by atoms with Gasteiger partial charge in [0.1, 0.15) is 6.61 Å². The van der Waals surface area contributed by atoms with E-state index in [1.54, 1.807) is 20.3 Å². The molecular formula is C12H14O4. The molecule has 0 unspecified atom stereocenters. The van der Waals surface area contributed by atoms with Gasteiger partial charge in [0.15, 0.2) is 11.5 Å². The number of rotatable bonds is 6. The molecule has 0 heterocycles. The molecule has 0 radical (unpaired) electrons. The number of hydrogen-bond donors (Lipinski definition) is 0. The van der Waals surface area contributed by atoms with Crippen molar-refractivity contribution in [2.45, 2.75) is 0 Å². The third-order valence-electron chi connectivity index (χ3n) is 1.99. The van der Waals surface area contributed by atoms with Gasteiger partial charge in [-0.15, -0.1) is 0 Å². The maximum atomic E-state index is 9.94. The Hall–Kier alpha value is -1.97. The maximum absolute atomic E-state index is 9.94. The van der Waals surface area contributed by atoms with E-state index in [0.29, 0.717) is 18.0 Å². The SMILES string of the molecule is COc1cccc(/C=C/COC=O)c1OC. The van der Waals surface area contributed by atoms with Crippen molar-refractivity contribution < 1.29 is 19.0 Å². The summed E-state index contributed by atoms with van der Waals surface area (Å²) in [5.74, 6) is 1.33. The van der Waals surface area contributed by atoms with Crippen LogP contribution < -0.4 is 9.47 Å². The molecule has 0 aliphatic heterocycles. The molecule has 0 saturated carbocycles. The maximum Gasteiger partial charge on any atom is 0.293 e. The number of methoxy groups -OCH3 is 2. The molecule has 86 valence electrons. The number of carbonyl (C=O) groups is 1. The lowest BCUT2D eigenvalue weighted by molar-refractivity contribution is -0.127. The first kappa shape index (κ1) is 12.1. The van der Waals surface area contributed by atoms with E-state index in [-0.39, 0.29) is 6.61 Å². The van der Waals surface area contributed by atoms with Gasteiger partial charge in [-0.3, -0.25) is 4.79 Å². The molecule has 0 amide bonds. The average molecular weight is 222 g/mol. The molecule has 0 aromatic heterocycles. The highest BCUT2D eigenvalue weighted by Crippen LogP contribution is 2.31. The van der Waals surface area contributed by atoms with E-state index in [1.807, 2.05) is 24.3 Å². The van der Waals surface area contributed by atoms with E-state index in [0.717, 1.165) is 5.56 Å². The van der Waals surface area contributed by atoms with Crippen molar-refractivity contribution in [2.24, 2.45) is 0 Å². The van der Waals surface area contributed by atoms with Gasteiger partial charge in [0.05, 0.1) is 14.2 Å². The molecule has 0 bridgehead atoms. The molecule has 1 aromatic rings. The lowest BCUT2D eigenvalue weighted by Gasteiger charge is -2.09. The number of hydrogen-bond acceptors (Lipinski definition) is 4. The van der Waals surface area contributed by atoms with E-state index in [9.17, 15) is 4.79 Å². The van der Waals surface area contributed by atoms with Crippen LogP contribution in [0.25, 0.3) is 6.08 Å². The van der Waals surface area contributed by atoms with Gasteiger partial charge in [-0.1, -0.05) is 18.2 Å². The Kier molecular flexibility index (Phi) is 4.92. The Bertz CT molecular complexity index is 371. The van der Waals surface area contributed by atoms with Gasteiger partial charge in [0.2, 0.25) is 0 Å². The van der Waals surface area contributed by atoms with Crippen molar-refractivity contribution in [1.29, 1.82) is 0 Å². The third-order valence-corrected chi connectivity index (χ3v) is 1.99. The summed E-state index contributed by atoms with van der Waals surface area (Å²) >= 11 is 0. The van der Waals surface area contributed by atoms with Crippen molar-refractivity contribution in [3.63, 3.8) is 0 Å². The predicted octanol–water partition coefficient (Wildman–Crippen LogP) is 1.89. The Morgan fingerprint density at radius 1 is 1.25 bits per heavy atom. The molecule has 0 fully saturated rings. The van der Waals surface area contributed by atoms with E-state index in [2.05, 4.69) is 4.74 Å². The highest BCUT2D eigenvalue weighted by Gasteiger charge is 2.05. The van der Waals surface area contributed by atoms with Gasteiger partial charge >= 0.3 is 0 Å². The number of carbonyl (C=O) groups excluding carboxylic acids is 1. The molecule has 16 heavy (non-hydrogen) atoms. The fourth-order valence-electron chi connectivity index (χ4n) is 1.31. The van der Waals surface area contributed by atoms with E-state index in [1.165, 1.54) is 0 Å². The molecule has 0 N–H and O–H groups in total. The largest absolute Gasteiger partial charge is 0.493 e. The van der Waals surface area contributed by atoms with Crippen LogP contribution in [0.5, 0.6) is 11.5 Å². The third kappa shape index (κ3) is 3.02. The molecule has 0 aliphatic rings. The summed E-state index contributed by atoms with van der Waals surface area (Å²) in [6.45, 7) is 0.650. The van der Waals surface area contributed by atoms with Crippen LogP contribution in [0.15, 0.2) is 24.3 Å². The molecule has 4 nitrogen and oxygen atoms in total. The summed E-state index contributed by atoms with van der Waals surface area (Å²) < 4.78 is 14.9. The lowest BCUT2D eigenvalue weighted by Crippen LogP contribution is -1.93. The van der Waals surface area contributed by atoms with Crippen molar-refractivity contribution in [3.8, 4) is 11.5 Å². The minimum Gasteiger partial charge on any atom is -0.493 e. The molecule has 0 saturated heterocycles. The molecule has 1 aromatic carbocycles. The Balaban J connectivity index is 2.86. The van der Waals surface area contributed by atoms with Crippen LogP contribution in [0.1, 0.15) is 5.56 Å². The van der Waals surface area contributed by atoms with Gasteiger partial charge < -0.3 is 14.2 Å². The number of para-hydroxylation sites is 1. The smallest absolute Gasteiger partial charge is 0.293 e. The van der Waals surface area contributed by atoms with Gasteiger partial charge in [-0.05, 0) is 12.1 Å². The first-order chi connectivity index (χ1) is 7.83. The van der Waals surface area contributed by atoms with Gasteiger partial charge in [0.25, 0.3) is 6.47 Å². The van der Waals surface area contributed by atoms with Crippen LogP contribution in [0, 0.1) is 0 Å². The summed E-state index contributed by atoms with van der Waals surface area (Å²) in [5, 5.41) is 0. The standard InChI is InChI=1S/C12H14O4/c1-14-11-7-3-5-10(12(11)15-2)6-4-8-16-9-13/h3-7,9H,8H2,1-2H3/b6-4+. The highest BCUT2D eigenvalue weighted by atomic mass is 16.5. The summed E-state index contributed by atoms with van der Waals surface area (Å²) in [4.78, 5) is 9.94. The van der Waals surface area contributed by atoms with Crippen LogP contribution in [-0.4, -0.2) is 27.3 Å². The molecule has 0 spiro atoms. The first-order valence-corrected chi connectivity index (χ1v) is 4.76. The Morgan fingerprint density at radius 2 is 2.06 bits per heavy atom. The van der Waals surface area contributed by atoms with E-state index in [4.69, 9.17) is 9.47 Å². The van der Waals surface area contributed by atoms with Crippen LogP contribution in [0.2, 0.25) is 0 Å². The Labute approximate surface area is 94.4 Å². The van der Waals surface area contributed by atoms with Gasteiger partial charge in [0, 0.05) is 5.56 Å². The van der Waals surface area contributed by atoms with Crippen LogP contribution in [0.3, 0.4) is 0 Å². The second-order valence-corrected chi connectivity index (χ2v) is 2.91. The minimum atomic E-state index is 0.240. The summed E-state index contributed by atoms with van der Waals surface area (Å²) in [6.07, 6.45) is 3.54. The van der Waals surface area contributed by atoms with E-state index < -0.39 is 0 Å². The van der Waals surface area contributed by atoms with Crippen LogP contribution in [-0.2, 0) is 9.53 Å². The van der Waals surface area contributed by atoms with Gasteiger partial charge in [-0.2, -0.15) is 0 Å². The molecule has 4 heteroatoms. The van der Waals surface area contributed by atoms with Crippen molar-refractivity contribution >= 4 is 12.5 Å². The Morgan fingerprint density at radius 3 is 2.69 bits per heavy atom. The summed E-state index contributed by atoms with van der Waals surface area (Å²) in [6, 6.07) is 5.57. The number of benzene rings is 1. The normalized spacial score (nSPS) is 10.1. The zero-order valence-electron chi connectivity index (χ0n) is 9.30. The quantitative estimate of drug-likeness (QED) is 0.544. The first-order valence-electron chi connectivity index (χ1n) is 4.76. The minimum absolute atomic E-state index is 0.240. The van der Waals surface area contributed by atoms with Crippen LogP contribution >= 0.6 is 0 Å². The number of ether oxygens (including phenoxy) is 3. The fraction of sp³-hybridized carbons (Fsp3) is 0.250. The molecule has 0 aliphatic carbocycles. The second-order valence-electron chi connectivity index (χ2n) is 2.91. The van der Waals surface area contributed by atoms with Crippen molar-refractivity contribution in [3.05, 3.63) is 29.8 Å². The fourth-order valence-corrected chi connectivity index (χ4v) is 1.31. The van der Waals surface area contributed by atoms with Gasteiger partial charge in [-0.25, -0.2) is 0 Å². The van der Waals surface area contributed by atoms with Crippen LogP contribution in [0.4, 0.5) is 0 Å². The molecule has 0 atom stereocenters. The second kappa shape index (κ2) is 6.50. The van der Waals surface area contributed by atoms with E-state index >= 15 is 0 Å².